The minimum absolute atomic E-state index is 0.126. The molecule has 2 aromatic heterocycles. The molecular weight excluding hydrogens is 378 g/mol. The normalized spacial score (nSPS) is 17.4. The number of hydrogen-bond donors (Lipinski definition) is 2. The average molecular weight is 403 g/mol. The number of benzene rings is 1. The number of nitrogens with zero attached hydrogens (tertiary/aromatic N) is 5. The number of carbonyl (C=O) groups excluding carboxylic acids is 1. The lowest BCUT2D eigenvalue weighted by Gasteiger charge is -2.53. The molecule has 154 valence electrons. The molecule has 0 aliphatic heterocycles. The number of rotatable bonds is 4. The van der Waals surface area contributed by atoms with Gasteiger partial charge in [0.2, 0.25) is 5.95 Å². The summed E-state index contributed by atoms with van der Waals surface area (Å²) in [4.78, 5) is 24.9. The molecule has 4 N–H and O–H groups in total. The van der Waals surface area contributed by atoms with Crippen LogP contribution in [0.3, 0.4) is 0 Å². The number of aromatic nitrogens is 4. The molecule has 8 heteroatoms. The molecular formula is C22H25N7O. The molecule has 0 bridgehead atoms. The Balaban J connectivity index is 1.66. The van der Waals surface area contributed by atoms with Gasteiger partial charge in [-0.05, 0) is 29.4 Å². The highest BCUT2D eigenvalue weighted by Gasteiger charge is 2.53. The van der Waals surface area contributed by atoms with E-state index in [4.69, 9.17) is 11.5 Å². The number of amidine groups is 1. The van der Waals surface area contributed by atoms with Crippen molar-refractivity contribution in [2.24, 2.45) is 23.2 Å². The van der Waals surface area contributed by atoms with E-state index in [0.717, 1.165) is 29.5 Å². The van der Waals surface area contributed by atoms with Gasteiger partial charge in [0.15, 0.2) is 0 Å². The number of anilines is 1. The topological polar surface area (TPSA) is 125 Å². The number of aryl methyl sites for hydroxylation is 1. The fourth-order valence-electron chi connectivity index (χ4n) is 4.40. The fraction of sp³-hybridized carbons (Fsp3) is 0.318. The second-order valence-corrected chi connectivity index (χ2v) is 8.71. The number of aliphatic imine (C=N–C) groups is 1. The van der Waals surface area contributed by atoms with Crippen molar-refractivity contribution in [3.63, 3.8) is 0 Å². The molecule has 0 saturated heterocycles. The molecule has 3 aromatic rings. The Kier molecular flexibility index (Phi) is 4.64. The van der Waals surface area contributed by atoms with Gasteiger partial charge in [-0.25, -0.2) is 9.97 Å². The highest BCUT2D eigenvalue weighted by atomic mass is 16.1. The van der Waals surface area contributed by atoms with Crippen molar-refractivity contribution < 1.29 is 4.79 Å². The van der Waals surface area contributed by atoms with Crippen molar-refractivity contribution >= 4 is 17.7 Å². The van der Waals surface area contributed by atoms with Gasteiger partial charge in [0, 0.05) is 31.2 Å². The lowest BCUT2D eigenvalue weighted by Crippen LogP contribution is -2.55. The maximum Gasteiger partial charge on any atom is 0.281 e. The van der Waals surface area contributed by atoms with Gasteiger partial charge in [-0.3, -0.25) is 9.48 Å². The van der Waals surface area contributed by atoms with E-state index in [9.17, 15) is 4.79 Å². The zero-order valence-electron chi connectivity index (χ0n) is 17.3. The van der Waals surface area contributed by atoms with Gasteiger partial charge >= 0.3 is 0 Å². The van der Waals surface area contributed by atoms with Gasteiger partial charge in [0.25, 0.3) is 5.91 Å². The van der Waals surface area contributed by atoms with Crippen LogP contribution < -0.4 is 11.5 Å². The van der Waals surface area contributed by atoms with E-state index in [1.54, 1.807) is 30.3 Å². The monoisotopic (exact) mass is 403 g/mol. The van der Waals surface area contributed by atoms with E-state index >= 15 is 0 Å². The summed E-state index contributed by atoms with van der Waals surface area (Å²) in [7, 11) is 1.76. The van der Waals surface area contributed by atoms with E-state index in [0.29, 0.717) is 11.4 Å². The van der Waals surface area contributed by atoms with Crippen molar-refractivity contribution in [2.75, 3.05) is 5.73 Å². The van der Waals surface area contributed by atoms with Crippen LogP contribution in [0.5, 0.6) is 0 Å². The Morgan fingerprint density at radius 3 is 2.23 bits per heavy atom. The Morgan fingerprint density at radius 2 is 1.70 bits per heavy atom. The molecule has 30 heavy (non-hydrogen) atoms. The van der Waals surface area contributed by atoms with Gasteiger partial charge in [-0.15, -0.1) is 0 Å². The second kappa shape index (κ2) is 7.05. The molecule has 8 nitrogen and oxygen atoms in total. The maximum absolute atomic E-state index is 12.6. The number of amides is 1. The van der Waals surface area contributed by atoms with E-state index in [1.165, 1.54) is 6.20 Å². The highest BCUT2D eigenvalue weighted by molar-refractivity contribution is 6.06. The fourth-order valence-corrected chi connectivity index (χ4v) is 4.40. The first-order valence-electron chi connectivity index (χ1n) is 9.75. The molecule has 1 aliphatic carbocycles. The largest absolute Gasteiger partial charge is 0.386 e. The third kappa shape index (κ3) is 3.56. The van der Waals surface area contributed by atoms with Gasteiger partial charge in [-0.1, -0.05) is 38.1 Å². The molecule has 0 radical (unpaired) electrons. The van der Waals surface area contributed by atoms with Crippen LogP contribution in [0, 0.1) is 5.41 Å². The number of nitrogen functional groups attached to an aromatic ring is 1. The third-order valence-corrected chi connectivity index (χ3v) is 5.67. The first-order valence-corrected chi connectivity index (χ1v) is 9.75. The van der Waals surface area contributed by atoms with Crippen molar-refractivity contribution in [2.45, 2.75) is 32.1 Å². The molecule has 0 spiro atoms. The van der Waals surface area contributed by atoms with Crippen LogP contribution in [0.4, 0.5) is 5.95 Å². The Labute approximate surface area is 175 Å². The quantitative estimate of drug-likeness (QED) is 0.510. The zero-order valence-corrected chi connectivity index (χ0v) is 17.3. The van der Waals surface area contributed by atoms with Crippen molar-refractivity contribution in [3.05, 3.63) is 60.2 Å². The predicted octanol–water partition coefficient (Wildman–Crippen LogP) is 2.71. The van der Waals surface area contributed by atoms with Crippen LogP contribution in [0.15, 0.2) is 54.0 Å². The first-order chi connectivity index (χ1) is 14.2. The van der Waals surface area contributed by atoms with Crippen molar-refractivity contribution in [1.29, 1.82) is 0 Å². The summed E-state index contributed by atoms with van der Waals surface area (Å²) in [6.07, 6.45) is 8.17. The smallest absolute Gasteiger partial charge is 0.281 e. The minimum Gasteiger partial charge on any atom is -0.386 e. The predicted molar refractivity (Wildman–Crippen MR) is 116 cm³/mol. The first kappa shape index (κ1) is 19.8. The SMILES string of the molecule is Cn1cc(C(=O)N=C(N)C2(c3ccc(-c4cnc(N)nc4)cc3)CC(C)(C)C2)cn1. The molecule has 0 atom stereocenters. The van der Waals surface area contributed by atoms with E-state index in [2.05, 4.69) is 33.9 Å². The molecule has 1 aromatic carbocycles. The highest BCUT2D eigenvalue weighted by Crippen LogP contribution is 2.55. The van der Waals surface area contributed by atoms with Gasteiger partial charge in [0.05, 0.1) is 17.2 Å². The van der Waals surface area contributed by atoms with E-state index in [1.807, 2.05) is 24.3 Å². The van der Waals surface area contributed by atoms with Crippen LogP contribution in [0.25, 0.3) is 11.1 Å². The van der Waals surface area contributed by atoms with Gasteiger partial charge in [-0.2, -0.15) is 10.1 Å². The number of hydrogen-bond acceptors (Lipinski definition) is 5. The third-order valence-electron chi connectivity index (χ3n) is 5.67. The summed E-state index contributed by atoms with van der Waals surface area (Å²) in [6.45, 7) is 4.39. The van der Waals surface area contributed by atoms with Crippen LogP contribution in [-0.4, -0.2) is 31.5 Å². The molecule has 2 heterocycles. The summed E-state index contributed by atoms with van der Waals surface area (Å²) in [5.74, 6) is 0.216. The Morgan fingerprint density at radius 1 is 1.07 bits per heavy atom. The molecule has 1 fully saturated rings. The van der Waals surface area contributed by atoms with Gasteiger partial charge in [0.1, 0.15) is 5.84 Å². The summed E-state index contributed by atoms with van der Waals surface area (Å²) < 4.78 is 1.57. The molecule has 0 unspecified atom stereocenters. The van der Waals surface area contributed by atoms with Gasteiger partial charge < -0.3 is 11.5 Å². The molecule has 1 saturated carbocycles. The van der Waals surface area contributed by atoms with Crippen molar-refractivity contribution in [3.8, 4) is 11.1 Å². The number of nitrogens with two attached hydrogens (primary N) is 2. The van der Waals surface area contributed by atoms with E-state index < -0.39 is 5.41 Å². The summed E-state index contributed by atoms with van der Waals surface area (Å²) >= 11 is 0. The zero-order chi connectivity index (χ0) is 21.5. The number of carbonyl (C=O) groups is 1. The summed E-state index contributed by atoms with van der Waals surface area (Å²) in [5, 5.41) is 4.03. The van der Waals surface area contributed by atoms with Crippen LogP contribution >= 0.6 is 0 Å². The molecule has 1 amide bonds. The van der Waals surface area contributed by atoms with Crippen LogP contribution in [-0.2, 0) is 12.5 Å². The van der Waals surface area contributed by atoms with Crippen molar-refractivity contribution in [1.82, 2.24) is 19.7 Å². The molecule has 4 rings (SSSR count). The summed E-state index contributed by atoms with van der Waals surface area (Å²) in [6, 6.07) is 8.09. The van der Waals surface area contributed by atoms with E-state index in [-0.39, 0.29) is 17.3 Å². The Hall–Kier alpha value is -3.55. The van der Waals surface area contributed by atoms with Crippen LogP contribution in [0.1, 0.15) is 42.6 Å². The molecule has 1 aliphatic rings. The lowest BCUT2D eigenvalue weighted by atomic mass is 9.51. The minimum atomic E-state index is -0.461. The Bertz CT molecular complexity index is 1100. The summed E-state index contributed by atoms with van der Waals surface area (Å²) in [5.41, 5.74) is 15.0. The second-order valence-electron chi connectivity index (χ2n) is 8.71. The average Bonchev–Trinajstić information content (AvgIpc) is 3.13. The standard InChI is InChI=1S/C22H25N7O/c1-21(2)12-22(13-21,19(23)28-18(30)16-10-27-29(3)11-16)17-6-4-14(5-7-17)15-8-25-20(24)26-9-15/h4-11H,12-13H2,1-3H3,(H2,23,28,30)(H2,24,25,26). The maximum atomic E-state index is 12.6. The lowest BCUT2D eigenvalue weighted by molar-refractivity contribution is 0.0973. The van der Waals surface area contributed by atoms with Crippen LogP contribution in [0.2, 0.25) is 0 Å².